The van der Waals surface area contributed by atoms with E-state index in [1.807, 2.05) is 16.7 Å². The number of hydrogen-bond donors (Lipinski definition) is 1. The van der Waals surface area contributed by atoms with Gasteiger partial charge in [-0.15, -0.1) is 0 Å². The number of nitrogens with one attached hydrogen (secondary N) is 1. The summed E-state index contributed by atoms with van der Waals surface area (Å²) in [4.78, 5) is 0. The Morgan fingerprint density at radius 1 is 1.27 bits per heavy atom. The van der Waals surface area contributed by atoms with Crippen LogP contribution >= 0.6 is 12.2 Å². The Bertz CT molecular complexity index is 664. The number of aromatic amines is 1. The second-order valence-electron chi connectivity index (χ2n) is 6.64. The molecular weight excluding hydrogens is 294 g/mol. The molecule has 4 nitrogen and oxygen atoms in total. The fourth-order valence-corrected chi connectivity index (χ4v) is 2.61. The number of H-pyrrole nitrogens is 1. The first-order chi connectivity index (χ1) is 10.3. The third kappa shape index (κ3) is 3.77. The third-order valence-electron chi connectivity index (χ3n) is 3.90. The van der Waals surface area contributed by atoms with Crippen LogP contribution in [0, 0.1) is 4.77 Å². The number of nitrogens with zero attached hydrogens (tertiary/aromatic N) is 2. The van der Waals surface area contributed by atoms with Crippen molar-refractivity contribution in [3.63, 3.8) is 0 Å². The molecule has 0 saturated heterocycles. The molecule has 2 aromatic rings. The van der Waals surface area contributed by atoms with Gasteiger partial charge in [-0.2, -0.15) is 5.10 Å². The van der Waals surface area contributed by atoms with Gasteiger partial charge < -0.3 is 4.74 Å². The first-order valence-electron chi connectivity index (χ1n) is 7.72. The van der Waals surface area contributed by atoms with Crippen molar-refractivity contribution < 1.29 is 4.74 Å². The van der Waals surface area contributed by atoms with E-state index in [9.17, 15) is 0 Å². The van der Waals surface area contributed by atoms with Crippen LogP contribution in [0.5, 0.6) is 5.75 Å². The second-order valence-corrected chi connectivity index (χ2v) is 7.02. The van der Waals surface area contributed by atoms with Gasteiger partial charge in [0.25, 0.3) is 0 Å². The topological polar surface area (TPSA) is 42.8 Å². The fraction of sp³-hybridized carbons (Fsp3) is 0.529. The number of benzene rings is 1. The van der Waals surface area contributed by atoms with Crippen molar-refractivity contribution in [1.82, 2.24) is 14.8 Å². The minimum atomic E-state index is 0.150. The normalized spacial score (nSPS) is 13.1. The van der Waals surface area contributed by atoms with Crippen LogP contribution in [0.25, 0.3) is 0 Å². The van der Waals surface area contributed by atoms with Crippen molar-refractivity contribution in [3.05, 3.63) is 40.4 Å². The van der Waals surface area contributed by atoms with E-state index in [0.717, 1.165) is 18.0 Å². The average Bonchev–Trinajstić information content (AvgIpc) is 2.85. The molecule has 1 aromatic heterocycles. The van der Waals surface area contributed by atoms with Crippen molar-refractivity contribution in [3.8, 4) is 5.75 Å². The Morgan fingerprint density at radius 2 is 1.91 bits per heavy atom. The van der Waals surface area contributed by atoms with Gasteiger partial charge in [-0.25, -0.2) is 0 Å². The lowest BCUT2D eigenvalue weighted by Gasteiger charge is -2.19. The highest BCUT2D eigenvalue weighted by Gasteiger charge is 2.14. The van der Waals surface area contributed by atoms with Crippen LogP contribution in [-0.4, -0.2) is 14.8 Å². The minimum absolute atomic E-state index is 0.150. The molecule has 0 saturated carbocycles. The number of hydrogen-bond acceptors (Lipinski definition) is 3. The van der Waals surface area contributed by atoms with Gasteiger partial charge in [-0.3, -0.25) is 9.67 Å². The predicted octanol–water partition coefficient (Wildman–Crippen LogP) is 4.79. The largest absolute Gasteiger partial charge is 0.486 e. The van der Waals surface area contributed by atoms with E-state index in [2.05, 4.69) is 56.9 Å². The maximum absolute atomic E-state index is 5.86. The van der Waals surface area contributed by atoms with Crippen molar-refractivity contribution in [2.45, 2.75) is 59.1 Å². The maximum Gasteiger partial charge on any atom is 0.195 e. The highest BCUT2D eigenvalue weighted by Crippen LogP contribution is 2.24. The van der Waals surface area contributed by atoms with E-state index in [1.54, 1.807) is 0 Å². The Kier molecular flexibility index (Phi) is 5.06. The molecule has 1 atom stereocenters. The molecule has 22 heavy (non-hydrogen) atoms. The Morgan fingerprint density at radius 3 is 2.45 bits per heavy atom. The summed E-state index contributed by atoms with van der Waals surface area (Å²) in [6, 6.07) is 8.56. The molecule has 0 bridgehead atoms. The Balaban J connectivity index is 2.09. The van der Waals surface area contributed by atoms with E-state index >= 15 is 0 Å². The second kappa shape index (κ2) is 6.65. The summed E-state index contributed by atoms with van der Waals surface area (Å²) in [6.07, 6.45) is 1.00. The standard InChI is InChI=1S/C17H25N3OS/c1-6-12(2)20-15(18-19-16(20)22)11-21-14-9-7-13(8-10-14)17(3,4)5/h7-10,12H,6,11H2,1-5H3,(H,19,22)/t12-/m0/s1. The van der Waals surface area contributed by atoms with E-state index in [-0.39, 0.29) is 5.41 Å². The van der Waals surface area contributed by atoms with Gasteiger partial charge in [0.1, 0.15) is 12.4 Å². The fourth-order valence-electron chi connectivity index (χ4n) is 2.28. The zero-order chi connectivity index (χ0) is 16.3. The molecule has 0 radical (unpaired) electrons. The molecule has 120 valence electrons. The van der Waals surface area contributed by atoms with Crippen molar-refractivity contribution in [2.75, 3.05) is 0 Å². The summed E-state index contributed by atoms with van der Waals surface area (Å²) < 4.78 is 8.53. The zero-order valence-corrected chi connectivity index (χ0v) is 14.8. The highest BCUT2D eigenvalue weighted by molar-refractivity contribution is 7.71. The van der Waals surface area contributed by atoms with Gasteiger partial charge in [0, 0.05) is 6.04 Å². The van der Waals surface area contributed by atoms with Gasteiger partial charge in [0.15, 0.2) is 10.6 Å². The number of ether oxygens (including phenoxy) is 1. The SMILES string of the molecule is CC[C@H](C)n1c(COc2ccc(C(C)(C)C)cc2)n[nH]c1=S. The van der Waals surface area contributed by atoms with Crippen LogP contribution in [0.4, 0.5) is 0 Å². The monoisotopic (exact) mass is 319 g/mol. The lowest BCUT2D eigenvalue weighted by molar-refractivity contribution is 0.283. The summed E-state index contributed by atoms with van der Waals surface area (Å²) in [7, 11) is 0. The molecule has 0 unspecified atom stereocenters. The summed E-state index contributed by atoms with van der Waals surface area (Å²) in [5, 5.41) is 7.13. The zero-order valence-electron chi connectivity index (χ0n) is 14.0. The summed E-state index contributed by atoms with van der Waals surface area (Å²) in [5.41, 5.74) is 1.44. The maximum atomic E-state index is 5.86. The molecule has 0 aliphatic heterocycles. The van der Waals surface area contributed by atoms with Crippen LogP contribution in [0.1, 0.15) is 58.5 Å². The molecule has 1 heterocycles. The minimum Gasteiger partial charge on any atom is -0.486 e. The quantitative estimate of drug-likeness (QED) is 0.806. The van der Waals surface area contributed by atoms with Crippen LogP contribution in [0.15, 0.2) is 24.3 Å². The summed E-state index contributed by atoms with van der Waals surface area (Å²) in [6.45, 7) is 11.3. The van der Waals surface area contributed by atoms with Gasteiger partial charge in [-0.1, -0.05) is 39.8 Å². The van der Waals surface area contributed by atoms with Crippen molar-refractivity contribution >= 4 is 12.2 Å². The lowest BCUT2D eigenvalue weighted by atomic mass is 9.87. The lowest BCUT2D eigenvalue weighted by Crippen LogP contribution is -2.12. The smallest absolute Gasteiger partial charge is 0.195 e. The average molecular weight is 319 g/mol. The van der Waals surface area contributed by atoms with Gasteiger partial charge in [-0.05, 0) is 48.7 Å². The van der Waals surface area contributed by atoms with Crippen LogP contribution in [-0.2, 0) is 12.0 Å². The van der Waals surface area contributed by atoms with E-state index in [1.165, 1.54) is 5.56 Å². The molecule has 0 amide bonds. The molecule has 0 aliphatic rings. The van der Waals surface area contributed by atoms with E-state index < -0.39 is 0 Å². The van der Waals surface area contributed by atoms with Crippen LogP contribution < -0.4 is 4.74 Å². The van der Waals surface area contributed by atoms with Gasteiger partial charge >= 0.3 is 0 Å². The Labute approximate surface area is 137 Å². The first-order valence-corrected chi connectivity index (χ1v) is 8.13. The third-order valence-corrected chi connectivity index (χ3v) is 4.19. The molecule has 2 rings (SSSR count). The molecule has 0 spiro atoms. The van der Waals surface area contributed by atoms with Gasteiger partial charge in [0.05, 0.1) is 0 Å². The highest BCUT2D eigenvalue weighted by atomic mass is 32.1. The van der Waals surface area contributed by atoms with Crippen molar-refractivity contribution in [1.29, 1.82) is 0 Å². The van der Waals surface area contributed by atoms with Gasteiger partial charge in [0.2, 0.25) is 0 Å². The molecular formula is C17H25N3OS. The first kappa shape index (κ1) is 16.7. The van der Waals surface area contributed by atoms with Crippen molar-refractivity contribution in [2.24, 2.45) is 0 Å². The molecule has 0 aliphatic carbocycles. The Hall–Kier alpha value is -1.62. The number of aromatic nitrogens is 3. The van der Waals surface area contributed by atoms with Crippen LogP contribution in [0.2, 0.25) is 0 Å². The summed E-state index contributed by atoms with van der Waals surface area (Å²) >= 11 is 5.29. The molecule has 5 heteroatoms. The van der Waals surface area contributed by atoms with Crippen LogP contribution in [0.3, 0.4) is 0 Å². The van der Waals surface area contributed by atoms with E-state index in [4.69, 9.17) is 17.0 Å². The molecule has 0 fully saturated rings. The number of rotatable bonds is 5. The predicted molar refractivity (Wildman–Crippen MR) is 91.9 cm³/mol. The van der Waals surface area contributed by atoms with E-state index in [0.29, 0.717) is 17.4 Å². The molecule has 1 aromatic carbocycles. The summed E-state index contributed by atoms with van der Waals surface area (Å²) in [5.74, 6) is 1.68. The molecule has 1 N–H and O–H groups in total.